The Morgan fingerprint density at radius 3 is 2.04 bits per heavy atom. The number of carbonyl (C=O) groups is 2. The van der Waals surface area contributed by atoms with Crippen LogP contribution in [0.4, 0.5) is 0 Å². The summed E-state index contributed by atoms with van der Waals surface area (Å²) in [5.41, 5.74) is 2.37. The summed E-state index contributed by atoms with van der Waals surface area (Å²) in [6.07, 6.45) is 0. The van der Waals surface area contributed by atoms with E-state index in [1.807, 2.05) is 13.8 Å². The number of hydrogen-bond acceptors (Lipinski definition) is 2. The second-order valence-corrected chi connectivity index (χ2v) is 6.59. The first kappa shape index (κ1) is 20.2. The number of rotatable bonds is 9. The Labute approximate surface area is 145 Å². The number of quaternary nitrogens is 1. The van der Waals surface area contributed by atoms with Crippen LogP contribution in [0.3, 0.4) is 0 Å². The lowest BCUT2D eigenvalue weighted by Gasteiger charge is -2.21. The van der Waals surface area contributed by atoms with Gasteiger partial charge in [0.1, 0.15) is 12.6 Å². The summed E-state index contributed by atoms with van der Waals surface area (Å²) in [5, 5.41) is 5.61. The van der Waals surface area contributed by atoms with E-state index in [0.717, 1.165) is 25.2 Å². The van der Waals surface area contributed by atoms with Crippen LogP contribution in [-0.2, 0) is 22.7 Å². The molecule has 1 aromatic rings. The second-order valence-electron chi connectivity index (χ2n) is 6.59. The van der Waals surface area contributed by atoms with Gasteiger partial charge >= 0.3 is 0 Å². The normalized spacial score (nSPS) is 12.3. The number of benzene rings is 1. The van der Waals surface area contributed by atoms with Gasteiger partial charge in [-0.3, -0.25) is 9.59 Å². The largest absolute Gasteiger partial charge is 0.350 e. The maximum Gasteiger partial charge on any atom is 0.243 e. The molecule has 3 N–H and O–H groups in total. The van der Waals surface area contributed by atoms with E-state index in [9.17, 15) is 9.59 Å². The van der Waals surface area contributed by atoms with E-state index >= 15 is 0 Å². The molecule has 0 saturated heterocycles. The zero-order chi connectivity index (χ0) is 18.1. The van der Waals surface area contributed by atoms with Crippen molar-refractivity contribution in [3.8, 4) is 0 Å². The Bertz CT molecular complexity index is 522. The van der Waals surface area contributed by atoms with Gasteiger partial charge in [0, 0.05) is 19.0 Å². The molecule has 24 heavy (non-hydrogen) atoms. The minimum Gasteiger partial charge on any atom is -0.350 e. The van der Waals surface area contributed by atoms with Gasteiger partial charge in [-0.1, -0.05) is 38.1 Å². The Hall–Kier alpha value is -1.88. The summed E-state index contributed by atoms with van der Waals surface area (Å²) in [5.74, 6) is -0.280. The third-order valence-corrected chi connectivity index (χ3v) is 4.25. The predicted molar refractivity (Wildman–Crippen MR) is 96.5 cm³/mol. The van der Waals surface area contributed by atoms with Crippen LogP contribution in [0.15, 0.2) is 24.3 Å². The molecule has 0 aliphatic rings. The molecule has 5 nitrogen and oxygen atoms in total. The lowest BCUT2D eigenvalue weighted by molar-refractivity contribution is -0.910. The summed E-state index contributed by atoms with van der Waals surface area (Å²) in [6.45, 7) is 13.4. The standard InChI is InChI=1S/C19H31N3O2/c1-6-22(7-2)13-17-10-8-16(9-11-17)12-20-19(24)18(14(3)4)21-15(5)23/h8-11,14,18H,6-7,12-13H2,1-5H3,(H,20,24)(H,21,23)/p+1/t18-/m0/s1. The lowest BCUT2D eigenvalue weighted by Crippen LogP contribution is -3.10. The molecule has 0 unspecified atom stereocenters. The van der Waals surface area contributed by atoms with E-state index in [1.54, 1.807) is 4.90 Å². The van der Waals surface area contributed by atoms with Crippen LogP contribution in [0.5, 0.6) is 0 Å². The van der Waals surface area contributed by atoms with Gasteiger partial charge in [-0.15, -0.1) is 0 Å². The third kappa shape index (κ3) is 6.71. The minimum atomic E-state index is -0.493. The van der Waals surface area contributed by atoms with E-state index in [4.69, 9.17) is 0 Å². The number of carbonyl (C=O) groups excluding carboxylic acids is 2. The Morgan fingerprint density at radius 1 is 1.04 bits per heavy atom. The molecule has 0 fully saturated rings. The average Bonchev–Trinajstić information content (AvgIpc) is 2.56. The highest BCUT2D eigenvalue weighted by atomic mass is 16.2. The molecule has 0 spiro atoms. The Kier molecular flexibility index (Phi) is 8.47. The summed E-state index contributed by atoms with van der Waals surface area (Å²) in [6, 6.07) is 7.87. The minimum absolute atomic E-state index is 0.0494. The van der Waals surface area contributed by atoms with E-state index in [2.05, 4.69) is 48.7 Å². The van der Waals surface area contributed by atoms with Crippen LogP contribution in [0, 0.1) is 5.92 Å². The van der Waals surface area contributed by atoms with E-state index < -0.39 is 6.04 Å². The molecule has 5 heteroatoms. The van der Waals surface area contributed by atoms with Crippen molar-refractivity contribution in [2.24, 2.45) is 5.92 Å². The molecule has 0 aliphatic carbocycles. The molecule has 1 aromatic carbocycles. The first-order valence-electron chi connectivity index (χ1n) is 8.83. The molecule has 1 atom stereocenters. The van der Waals surface area contributed by atoms with Crippen molar-refractivity contribution in [2.75, 3.05) is 13.1 Å². The lowest BCUT2D eigenvalue weighted by atomic mass is 10.0. The van der Waals surface area contributed by atoms with E-state index in [-0.39, 0.29) is 17.7 Å². The smallest absolute Gasteiger partial charge is 0.243 e. The van der Waals surface area contributed by atoms with Crippen LogP contribution < -0.4 is 15.5 Å². The summed E-state index contributed by atoms with van der Waals surface area (Å²) >= 11 is 0. The van der Waals surface area contributed by atoms with Gasteiger partial charge in [0.25, 0.3) is 0 Å². The van der Waals surface area contributed by atoms with Gasteiger partial charge in [0.2, 0.25) is 11.8 Å². The quantitative estimate of drug-likeness (QED) is 0.628. The summed E-state index contributed by atoms with van der Waals surface area (Å²) in [4.78, 5) is 25.0. The predicted octanol–water partition coefficient (Wildman–Crippen LogP) is 0.888. The SMILES string of the molecule is CC[NH+](CC)Cc1ccc(CNC(=O)[C@@H](NC(C)=O)C(C)C)cc1. The third-order valence-electron chi connectivity index (χ3n) is 4.25. The van der Waals surface area contributed by atoms with Gasteiger partial charge in [0.05, 0.1) is 13.1 Å². The van der Waals surface area contributed by atoms with Gasteiger partial charge in [0.15, 0.2) is 0 Å². The topological polar surface area (TPSA) is 62.6 Å². The molecule has 0 heterocycles. The molecule has 0 aromatic heterocycles. The van der Waals surface area contributed by atoms with Crippen molar-refractivity contribution >= 4 is 11.8 Å². The van der Waals surface area contributed by atoms with Crippen molar-refractivity contribution in [1.29, 1.82) is 0 Å². The van der Waals surface area contributed by atoms with Crippen molar-refractivity contribution < 1.29 is 14.5 Å². The molecule has 2 amide bonds. The fourth-order valence-electron chi connectivity index (χ4n) is 2.62. The summed E-state index contributed by atoms with van der Waals surface area (Å²) < 4.78 is 0. The first-order valence-corrected chi connectivity index (χ1v) is 8.83. The van der Waals surface area contributed by atoms with Crippen molar-refractivity contribution in [1.82, 2.24) is 10.6 Å². The maximum absolute atomic E-state index is 12.3. The monoisotopic (exact) mass is 334 g/mol. The van der Waals surface area contributed by atoms with Crippen molar-refractivity contribution in [3.63, 3.8) is 0 Å². The molecule has 0 bridgehead atoms. The molecule has 0 radical (unpaired) electrons. The first-order chi connectivity index (χ1) is 11.4. The van der Waals surface area contributed by atoms with Gasteiger partial charge < -0.3 is 15.5 Å². The molecule has 0 saturated carbocycles. The number of amides is 2. The van der Waals surface area contributed by atoms with Gasteiger partial charge in [-0.25, -0.2) is 0 Å². The molecule has 0 aliphatic heterocycles. The second kappa shape index (κ2) is 10.1. The Morgan fingerprint density at radius 2 is 1.58 bits per heavy atom. The van der Waals surface area contributed by atoms with Crippen molar-refractivity contribution in [3.05, 3.63) is 35.4 Å². The Balaban J connectivity index is 2.57. The zero-order valence-electron chi connectivity index (χ0n) is 15.6. The van der Waals surface area contributed by atoms with Crippen LogP contribution in [0.2, 0.25) is 0 Å². The van der Waals surface area contributed by atoms with E-state index in [1.165, 1.54) is 12.5 Å². The highest BCUT2D eigenvalue weighted by Gasteiger charge is 2.22. The average molecular weight is 334 g/mol. The number of nitrogens with one attached hydrogen (secondary N) is 3. The van der Waals surface area contributed by atoms with Crippen LogP contribution >= 0.6 is 0 Å². The van der Waals surface area contributed by atoms with Gasteiger partial charge in [-0.2, -0.15) is 0 Å². The molecule has 1 rings (SSSR count). The van der Waals surface area contributed by atoms with Crippen LogP contribution in [-0.4, -0.2) is 30.9 Å². The molecule has 134 valence electrons. The fourth-order valence-corrected chi connectivity index (χ4v) is 2.62. The molecular formula is C19H32N3O2+. The van der Waals surface area contributed by atoms with Gasteiger partial charge in [-0.05, 0) is 25.3 Å². The summed E-state index contributed by atoms with van der Waals surface area (Å²) in [7, 11) is 0. The number of hydrogen-bond donors (Lipinski definition) is 3. The highest BCUT2D eigenvalue weighted by molar-refractivity contribution is 5.86. The van der Waals surface area contributed by atoms with Crippen molar-refractivity contribution in [2.45, 2.75) is 53.8 Å². The zero-order valence-corrected chi connectivity index (χ0v) is 15.6. The fraction of sp³-hybridized carbons (Fsp3) is 0.579. The highest BCUT2D eigenvalue weighted by Crippen LogP contribution is 2.05. The van der Waals surface area contributed by atoms with Crippen LogP contribution in [0.25, 0.3) is 0 Å². The molecular weight excluding hydrogens is 302 g/mol. The maximum atomic E-state index is 12.3. The van der Waals surface area contributed by atoms with Crippen LogP contribution in [0.1, 0.15) is 45.7 Å². The van der Waals surface area contributed by atoms with E-state index in [0.29, 0.717) is 6.54 Å².